The van der Waals surface area contributed by atoms with Crippen LogP contribution in [0.1, 0.15) is 31.1 Å². The van der Waals surface area contributed by atoms with Crippen molar-refractivity contribution in [1.82, 2.24) is 25.3 Å². The van der Waals surface area contributed by atoms with E-state index in [1.807, 2.05) is 40.9 Å². The number of amides is 1. The van der Waals surface area contributed by atoms with E-state index >= 15 is 0 Å². The molecule has 32 heavy (non-hydrogen) atoms. The fraction of sp³-hybridized carbons (Fsp3) is 0.571. The van der Waals surface area contributed by atoms with Crippen molar-refractivity contribution in [2.24, 2.45) is 0 Å². The summed E-state index contributed by atoms with van der Waals surface area (Å²) in [4.78, 5) is 17.2. The van der Waals surface area contributed by atoms with E-state index in [1.54, 1.807) is 0 Å². The summed E-state index contributed by atoms with van der Waals surface area (Å²) in [7, 11) is 0. The van der Waals surface area contributed by atoms with Gasteiger partial charge in [-0.1, -0.05) is 11.6 Å². The predicted molar refractivity (Wildman–Crippen MR) is 132 cm³/mol. The minimum Gasteiger partial charge on any atom is -0.420 e. The average Bonchev–Trinajstić information content (AvgIpc) is 3.56. The van der Waals surface area contributed by atoms with E-state index < -0.39 is 0 Å². The van der Waals surface area contributed by atoms with Crippen LogP contribution in [-0.4, -0.2) is 75.8 Å². The van der Waals surface area contributed by atoms with Crippen LogP contribution in [0.4, 0.5) is 0 Å². The molecule has 11 heteroatoms. The van der Waals surface area contributed by atoms with E-state index in [2.05, 4.69) is 20.4 Å². The Bertz CT molecular complexity index is 886. The highest BCUT2D eigenvalue weighted by atomic mass is 35.5. The largest absolute Gasteiger partial charge is 0.420 e. The number of likely N-dealkylation sites (tertiary alicyclic amines) is 1. The molecular weight excluding hydrogens is 493 g/mol. The van der Waals surface area contributed by atoms with Crippen molar-refractivity contribution in [2.75, 3.05) is 37.8 Å². The van der Waals surface area contributed by atoms with Crippen molar-refractivity contribution in [1.29, 1.82) is 0 Å². The van der Waals surface area contributed by atoms with Gasteiger partial charge >= 0.3 is 0 Å². The molecule has 3 aliphatic heterocycles. The third kappa shape index (κ3) is 5.54. The van der Waals surface area contributed by atoms with Crippen molar-refractivity contribution < 1.29 is 9.21 Å². The number of aromatic nitrogens is 2. The first-order valence-corrected chi connectivity index (χ1v) is 12.1. The van der Waals surface area contributed by atoms with Gasteiger partial charge in [0.15, 0.2) is 0 Å². The summed E-state index contributed by atoms with van der Waals surface area (Å²) in [6.45, 7) is 3.77. The second kappa shape index (κ2) is 11.4. The zero-order valence-electron chi connectivity index (χ0n) is 17.6. The lowest BCUT2D eigenvalue weighted by molar-refractivity contribution is -0.131. The van der Waals surface area contributed by atoms with E-state index in [1.165, 1.54) is 0 Å². The van der Waals surface area contributed by atoms with Gasteiger partial charge in [-0.3, -0.25) is 9.69 Å². The Balaban J connectivity index is 0.00000144. The number of carbonyl (C=O) groups is 1. The van der Waals surface area contributed by atoms with Gasteiger partial charge in [0.25, 0.3) is 0 Å². The molecule has 3 aliphatic rings. The minimum absolute atomic E-state index is 0. The number of rotatable bonds is 4. The zero-order valence-corrected chi connectivity index (χ0v) is 20.8. The van der Waals surface area contributed by atoms with Gasteiger partial charge < -0.3 is 14.6 Å². The number of piperidine rings is 1. The molecule has 1 N–H and O–H groups in total. The molecule has 2 aromatic rings. The first kappa shape index (κ1) is 25.6. The molecule has 0 aliphatic carbocycles. The third-order valence-electron chi connectivity index (χ3n) is 6.40. The molecular formula is C21H28Cl3N5O2S. The Morgan fingerprint density at radius 1 is 1.12 bits per heavy atom. The smallest absolute Gasteiger partial charge is 0.247 e. The summed E-state index contributed by atoms with van der Waals surface area (Å²) in [6, 6.07) is 7.86. The lowest BCUT2D eigenvalue weighted by Crippen LogP contribution is -2.42. The van der Waals surface area contributed by atoms with Gasteiger partial charge in [-0.25, -0.2) is 0 Å². The Labute approximate surface area is 209 Å². The van der Waals surface area contributed by atoms with Crippen LogP contribution in [0.25, 0.3) is 11.5 Å². The van der Waals surface area contributed by atoms with Gasteiger partial charge in [0.1, 0.15) is 0 Å². The predicted octanol–water partition coefficient (Wildman–Crippen LogP) is 3.68. The summed E-state index contributed by atoms with van der Waals surface area (Å²) >= 11 is 7.79. The van der Waals surface area contributed by atoms with Crippen LogP contribution in [0.3, 0.4) is 0 Å². The van der Waals surface area contributed by atoms with Crippen LogP contribution in [-0.2, 0) is 4.79 Å². The highest BCUT2D eigenvalue weighted by Crippen LogP contribution is 2.31. The molecule has 0 unspecified atom stereocenters. The van der Waals surface area contributed by atoms with E-state index in [0.29, 0.717) is 22.9 Å². The van der Waals surface area contributed by atoms with Crippen LogP contribution in [0.15, 0.2) is 28.7 Å². The molecule has 1 amide bonds. The number of nitrogens with one attached hydrogen (secondary N) is 1. The maximum Gasteiger partial charge on any atom is 0.247 e. The molecule has 1 aromatic heterocycles. The molecule has 4 heterocycles. The maximum absolute atomic E-state index is 12.6. The van der Waals surface area contributed by atoms with Gasteiger partial charge in [0.05, 0.1) is 11.9 Å². The fourth-order valence-electron chi connectivity index (χ4n) is 4.61. The molecule has 0 radical (unpaired) electrons. The molecule has 3 fully saturated rings. The Kier molecular flexibility index (Phi) is 9.12. The molecule has 5 rings (SSSR count). The molecule has 3 saturated heterocycles. The average molecular weight is 521 g/mol. The number of nitrogens with zero attached hydrogens (tertiary/aromatic N) is 4. The minimum atomic E-state index is -0.0238. The Morgan fingerprint density at radius 2 is 1.88 bits per heavy atom. The number of hydrogen-bond donors (Lipinski definition) is 1. The van der Waals surface area contributed by atoms with Gasteiger partial charge in [-0.2, -0.15) is 0 Å². The normalized spacial score (nSPS) is 24.2. The van der Waals surface area contributed by atoms with E-state index in [9.17, 15) is 4.79 Å². The zero-order chi connectivity index (χ0) is 20.5. The van der Waals surface area contributed by atoms with Crippen molar-refractivity contribution in [3.8, 4) is 11.5 Å². The number of halogens is 3. The van der Waals surface area contributed by atoms with Crippen LogP contribution < -0.4 is 5.32 Å². The van der Waals surface area contributed by atoms with Gasteiger partial charge in [-0.15, -0.1) is 46.8 Å². The SMILES string of the molecule is Cl.Cl.O=C([C@@H]1C[C@H](N2CCC(c3nnc(-c4ccc(Cl)cc4)o3)CC2)CN1)N1CCSC1. The standard InChI is InChI=1S/C21H26ClN5O2S.2ClH/c22-16-3-1-14(2-4-16)19-24-25-20(29-19)15-5-7-26(8-6-15)17-11-18(23-12-17)21(28)27-9-10-30-13-27;;/h1-4,15,17-18,23H,5-13H2;2*1H/t17-,18-;;/m0../s1. The first-order chi connectivity index (χ1) is 14.7. The van der Waals surface area contributed by atoms with Crippen LogP contribution in [0.2, 0.25) is 5.02 Å². The van der Waals surface area contributed by atoms with Gasteiger partial charge in [0.2, 0.25) is 17.7 Å². The monoisotopic (exact) mass is 519 g/mol. The maximum atomic E-state index is 12.6. The van der Waals surface area contributed by atoms with Crippen molar-refractivity contribution in [3.05, 3.63) is 35.2 Å². The third-order valence-corrected chi connectivity index (χ3v) is 7.61. The number of benzene rings is 1. The fourth-order valence-corrected chi connectivity index (χ4v) is 5.69. The molecule has 0 spiro atoms. The summed E-state index contributed by atoms with van der Waals surface area (Å²) in [5.41, 5.74) is 0.889. The summed E-state index contributed by atoms with van der Waals surface area (Å²) < 4.78 is 5.97. The number of carbonyl (C=O) groups excluding carboxylic acids is 1. The van der Waals surface area contributed by atoms with E-state index in [-0.39, 0.29) is 36.8 Å². The lowest BCUT2D eigenvalue weighted by Gasteiger charge is -2.34. The Morgan fingerprint density at radius 3 is 2.56 bits per heavy atom. The highest BCUT2D eigenvalue weighted by Gasteiger charge is 2.37. The van der Waals surface area contributed by atoms with Crippen LogP contribution >= 0.6 is 48.2 Å². The van der Waals surface area contributed by atoms with Crippen LogP contribution in [0.5, 0.6) is 0 Å². The number of thioether (sulfide) groups is 1. The quantitative estimate of drug-likeness (QED) is 0.659. The second-order valence-corrected chi connectivity index (χ2v) is 9.76. The summed E-state index contributed by atoms with van der Waals surface area (Å²) in [5.74, 6) is 3.75. The molecule has 2 atom stereocenters. The van der Waals surface area contributed by atoms with Gasteiger partial charge in [-0.05, 0) is 56.6 Å². The molecule has 176 valence electrons. The summed E-state index contributed by atoms with van der Waals surface area (Å²) in [5, 5.41) is 12.7. The highest BCUT2D eigenvalue weighted by molar-refractivity contribution is 7.99. The topological polar surface area (TPSA) is 74.5 Å². The van der Waals surface area contributed by atoms with Crippen molar-refractivity contribution in [3.63, 3.8) is 0 Å². The van der Waals surface area contributed by atoms with Crippen molar-refractivity contribution >= 4 is 54.1 Å². The van der Waals surface area contributed by atoms with E-state index in [4.69, 9.17) is 16.0 Å². The molecule has 0 saturated carbocycles. The lowest BCUT2D eigenvalue weighted by atomic mass is 9.95. The second-order valence-electron chi connectivity index (χ2n) is 8.25. The van der Waals surface area contributed by atoms with Gasteiger partial charge in [0, 0.05) is 41.4 Å². The first-order valence-electron chi connectivity index (χ1n) is 10.6. The number of hydrogen-bond acceptors (Lipinski definition) is 7. The molecule has 0 bridgehead atoms. The van der Waals surface area contributed by atoms with E-state index in [0.717, 1.165) is 68.5 Å². The molecule has 7 nitrogen and oxygen atoms in total. The van der Waals surface area contributed by atoms with Crippen molar-refractivity contribution in [2.45, 2.75) is 37.3 Å². The summed E-state index contributed by atoms with van der Waals surface area (Å²) in [6.07, 6.45) is 2.91. The Hall–Kier alpha value is -1.03. The van der Waals surface area contributed by atoms with Crippen LogP contribution in [0, 0.1) is 0 Å². The molecule has 1 aromatic carbocycles.